The van der Waals surface area contributed by atoms with E-state index in [1.54, 1.807) is 25.1 Å². The molecule has 3 aromatic rings. The number of hydrogen-bond donors (Lipinski definition) is 2. The molecule has 0 saturated carbocycles. The summed E-state index contributed by atoms with van der Waals surface area (Å²) < 4.78 is 51.9. The van der Waals surface area contributed by atoms with E-state index in [1.807, 2.05) is 0 Å². The van der Waals surface area contributed by atoms with Crippen LogP contribution < -0.4 is 19.5 Å². The zero-order chi connectivity index (χ0) is 22.6. The lowest BCUT2D eigenvalue weighted by Crippen LogP contribution is -2.17. The van der Waals surface area contributed by atoms with Gasteiger partial charge < -0.3 is 14.8 Å². The molecule has 1 amide bonds. The van der Waals surface area contributed by atoms with Gasteiger partial charge in [0.15, 0.2) is 0 Å². The predicted molar refractivity (Wildman–Crippen MR) is 116 cm³/mol. The number of rotatable bonds is 7. The first-order chi connectivity index (χ1) is 14.7. The second-order valence-electron chi connectivity index (χ2n) is 6.62. The van der Waals surface area contributed by atoms with Gasteiger partial charge in [0.1, 0.15) is 17.3 Å². The maximum atomic E-state index is 13.9. The quantitative estimate of drug-likeness (QED) is 0.570. The number of methoxy groups -OCH3 is 2. The number of benzene rings is 3. The summed E-state index contributed by atoms with van der Waals surface area (Å²) in [6.45, 7) is 1.68. The average molecular weight is 444 g/mol. The molecule has 0 heterocycles. The van der Waals surface area contributed by atoms with Crippen molar-refractivity contribution in [2.24, 2.45) is 0 Å². The van der Waals surface area contributed by atoms with E-state index in [1.165, 1.54) is 50.6 Å². The highest BCUT2D eigenvalue weighted by Gasteiger charge is 2.20. The molecule has 9 heteroatoms. The van der Waals surface area contributed by atoms with Gasteiger partial charge in [-0.1, -0.05) is 18.2 Å². The van der Waals surface area contributed by atoms with Crippen molar-refractivity contribution in [2.75, 3.05) is 24.3 Å². The highest BCUT2D eigenvalue weighted by Crippen LogP contribution is 2.27. The van der Waals surface area contributed by atoms with Crippen LogP contribution in [0.1, 0.15) is 15.9 Å². The number of anilines is 2. The molecule has 0 saturated heterocycles. The lowest BCUT2D eigenvalue weighted by Gasteiger charge is -2.13. The van der Waals surface area contributed by atoms with E-state index < -0.39 is 21.7 Å². The van der Waals surface area contributed by atoms with Gasteiger partial charge in [0.25, 0.3) is 15.9 Å². The van der Waals surface area contributed by atoms with Crippen molar-refractivity contribution in [1.29, 1.82) is 0 Å². The Labute approximate surface area is 179 Å². The molecule has 0 aliphatic rings. The van der Waals surface area contributed by atoms with Crippen LogP contribution >= 0.6 is 0 Å². The van der Waals surface area contributed by atoms with E-state index in [-0.39, 0.29) is 16.1 Å². The van der Waals surface area contributed by atoms with Crippen molar-refractivity contribution in [1.82, 2.24) is 0 Å². The number of para-hydroxylation sites is 1. The monoisotopic (exact) mass is 444 g/mol. The van der Waals surface area contributed by atoms with E-state index in [9.17, 15) is 17.6 Å². The van der Waals surface area contributed by atoms with E-state index in [2.05, 4.69) is 10.0 Å². The molecule has 0 spiro atoms. The Balaban J connectivity index is 1.90. The van der Waals surface area contributed by atoms with E-state index in [0.717, 1.165) is 6.07 Å². The Morgan fingerprint density at radius 2 is 1.58 bits per heavy atom. The summed E-state index contributed by atoms with van der Waals surface area (Å²) in [6.07, 6.45) is 0. The minimum atomic E-state index is -4.11. The second kappa shape index (κ2) is 9.05. The number of carbonyl (C=O) groups is 1. The fraction of sp³-hybridized carbons (Fsp3) is 0.136. The van der Waals surface area contributed by atoms with Crippen LogP contribution in [0.15, 0.2) is 65.6 Å². The second-order valence-corrected chi connectivity index (χ2v) is 8.30. The lowest BCUT2D eigenvalue weighted by atomic mass is 10.1. The fourth-order valence-electron chi connectivity index (χ4n) is 2.84. The van der Waals surface area contributed by atoms with Gasteiger partial charge in [0.2, 0.25) is 0 Å². The molecule has 7 nitrogen and oxygen atoms in total. The van der Waals surface area contributed by atoms with Crippen LogP contribution in [0.25, 0.3) is 0 Å². The first kappa shape index (κ1) is 22.1. The molecule has 3 rings (SSSR count). The molecule has 31 heavy (non-hydrogen) atoms. The molecule has 0 aromatic heterocycles. The number of sulfonamides is 1. The Hall–Kier alpha value is -3.59. The molecule has 0 atom stereocenters. The molecular weight excluding hydrogens is 423 g/mol. The number of ether oxygens (including phenoxy) is 2. The normalized spacial score (nSPS) is 11.0. The molecule has 0 unspecified atom stereocenters. The largest absolute Gasteiger partial charge is 0.497 e. The number of halogens is 1. The molecule has 0 aliphatic heterocycles. The Kier molecular flexibility index (Phi) is 6.45. The van der Waals surface area contributed by atoms with Crippen molar-refractivity contribution >= 4 is 27.3 Å². The third-order valence-electron chi connectivity index (χ3n) is 4.49. The zero-order valence-corrected chi connectivity index (χ0v) is 17.9. The smallest absolute Gasteiger partial charge is 0.262 e. The van der Waals surface area contributed by atoms with Crippen LogP contribution in [-0.4, -0.2) is 28.5 Å². The third-order valence-corrected chi connectivity index (χ3v) is 5.85. The average Bonchev–Trinajstić information content (AvgIpc) is 2.75. The zero-order valence-electron chi connectivity index (χ0n) is 17.1. The molecule has 0 bridgehead atoms. The maximum absolute atomic E-state index is 13.9. The van der Waals surface area contributed by atoms with E-state index in [0.29, 0.717) is 22.7 Å². The van der Waals surface area contributed by atoms with Crippen LogP contribution in [0, 0.1) is 12.7 Å². The molecular formula is C22H21FN2O5S. The number of amides is 1. The molecule has 0 aliphatic carbocycles. The summed E-state index contributed by atoms with van der Waals surface area (Å²) in [5, 5.41) is 2.71. The van der Waals surface area contributed by atoms with Gasteiger partial charge in [-0.05, 0) is 36.8 Å². The SMILES string of the molecule is COc1cc(NC(=O)c2cc(S(=O)(=O)Nc3ccccc3F)ccc2C)cc(OC)c1. The minimum absolute atomic E-state index is 0.151. The predicted octanol–water partition coefficient (Wildman–Crippen LogP) is 4.20. The van der Waals surface area contributed by atoms with Gasteiger partial charge in [-0.15, -0.1) is 0 Å². The highest BCUT2D eigenvalue weighted by atomic mass is 32.2. The molecule has 3 aromatic carbocycles. The van der Waals surface area contributed by atoms with Crippen LogP contribution in [0.3, 0.4) is 0 Å². The topological polar surface area (TPSA) is 93.7 Å². The summed E-state index contributed by atoms with van der Waals surface area (Å²) in [6, 6.07) is 14.4. The van der Waals surface area contributed by atoms with Crippen LogP contribution in [0.2, 0.25) is 0 Å². The van der Waals surface area contributed by atoms with Gasteiger partial charge in [0, 0.05) is 29.4 Å². The Morgan fingerprint density at radius 1 is 0.935 bits per heavy atom. The number of nitrogens with one attached hydrogen (secondary N) is 2. The lowest BCUT2D eigenvalue weighted by molar-refractivity contribution is 0.102. The van der Waals surface area contributed by atoms with Gasteiger partial charge in [0.05, 0.1) is 24.8 Å². The summed E-state index contributed by atoms with van der Waals surface area (Å²) in [5.41, 5.74) is 0.950. The maximum Gasteiger partial charge on any atom is 0.262 e. The summed E-state index contributed by atoms with van der Waals surface area (Å²) in [7, 11) is -1.14. The highest BCUT2D eigenvalue weighted by molar-refractivity contribution is 7.92. The van der Waals surface area contributed by atoms with Crippen LogP contribution in [0.4, 0.5) is 15.8 Å². The van der Waals surface area contributed by atoms with E-state index >= 15 is 0 Å². The standard InChI is InChI=1S/C22H21FN2O5S/c1-14-8-9-18(31(27,28)25-21-7-5-4-6-20(21)23)13-19(14)22(26)24-15-10-16(29-2)12-17(11-15)30-3/h4-13,25H,1-3H3,(H,24,26). The van der Waals surface area contributed by atoms with Crippen molar-refractivity contribution in [3.63, 3.8) is 0 Å². The number of carbonyl (C=O) groups excluding carboxylic acids is 1. The minimum Gasteiger partial charge on any atom is -0.497 e. The van der Waals surface area contributed by atoms with Gasteiger partial charge in [-0.25, -0.2) is 12.8 Å². The Bertz CT molecular complexity index is 1210. The van der Waals surface area contributed by atoms with Crippen molar-refractivity contribution in [3.05, 3.63) is 77.6 Å². The summed E-state index contributed by atoms with van der Waals surface area (Å²) >= 11 is 0. The first-order valence-corrected chi connectivity index (χ1v) is 10.6. The van der Waals surface area contributed by atoms with Crippen LogP contribution in [-0.2, 0) is 10.0 Å². The van der Waals surface area contributed by atoms with E-state index in [4.69, 9.17) is 9.47 Å². The molecule has 0 fully saturated rings. The molecule has 162 valence electrons. The number of aryl methyl sites for hydroxylation is 1. The number of hydrogen-bond acceptors (Lipinski definition) is 5. The molecule has 2 N–H and O–H groups in total. The fourth-order valence-corrected chi connectivity index (χ4v) is 3.93. The van der Waals surface area contributed by atoms with Gasteiger partial charge >= 0.3 is 0 Å². The van der Waals surface area contributed by atoms with Crippen LogP contribution in [0.5, 0.6) is 11.5 Å². The van der Waals surface area contributed by atoms with Gasteiger partial charge in [-0.3, -0.25) is 9.52 Å². The van der Waals surface area contributed by atoms with Crippen molar-refractivity contribution in [2.45, 2.75) is 11.8 Å². The van der Waals surface area contributed by atoms with Gasteiger partial charge in [-0.2, -0.15) is 0 Å². The summed E-state index contributed by atoms with van der Waals surface area (Å²) in [4.78, 5) is 12.7. The molecule has 0 radical (unpaired) electrons. The first-order valence-electron chi connectivity index (χ1n) is 9.16. The summed E-state index contributed by atoms with van der Waals surface area (Å²) in [5.74, 6) is -0.257. The Morgan fingerprint density at radius 3 is 2.19 bits per heavy atom. The van der Waals surface area contributed by atoms with Crippen molar-refractivity contribution in [3.8, 4) is 11.5 Å². The third kappa shape index (κ3) is 5.13. The van der Waals surface area contributed by atoms with Crippen molar-refractivity contribution < 1.29 is 27.1 Å².